The Labute approximate surface area is 128 Å². The largest absolute Gasteiger partial charge is 0.340 e. The lowest BCUT2D eigenvalue weighted by Gasteiger charge is -2.49. The Morgan fingerprint density at radius 1 is 1.24 bits per heavy atom. The maximum absolute atomic E-state index is 13.0. The maximum atomic E-state index is 13.0. The molecule has 1 aliphatic heterocycles. The highest BCUT2D eigenvalue weighted by molar-refractivity contribution is 5.99. The predicted octanol–water partition coefficient (Wildman–Crippen LogP) is 2.86. The van der Waals surface area contributed by atoms with E-state index in [2.05, 4.69) is 19.2 Å². The molecule has 1 aliphatic carbocycles. The van der Waals surface area contributed by atoms with E-state index < -0.39 is 5.54 Å². The molecule has 21 heavy (non-hydrogen) atoms. The number of hydrogen-bond donors (Lipinski definition) is 1. The van der Waals surface area contributed by atoms with Crippen LogP contribution in [0.15, 0.2) is 0 Å². The van der Waals surface area contributed by atoms with E-state index in [9.17, 15) is 9.59 Å². The molecule has 1 saturated heterocycles. The Bertz CT molecular complexity index is 404. The molecular formula is C17H30N2O2. The van der Waals surface area contributed by atoms with Gasteiger partial charge in [-0.3, -0.25) is 9.59 Å². The standard InChI is InChI=1S/C17H30N2O2/c1-5-12(3)19-14(13-10-8-7-9-11-13)15(20)18-17(4,6-2)16(19)21/h12-14H,5-11H2,1-4H3,(H,18,20). The fourth-order valence-corrected chi connectivity index (χ4v) is 3.74. The zero-order chi connectivity index (χ0) is 15.6. The summed E-state index contributed by atoms with van der Waals surface area (Å²) in [5.41, 5.74) is -0.730. The molecular weight excluding hydrogens is 264 g/mol. The van der Waals surface area contributed by atoms with Crippen molar-refractivity contribution in [3.63, 3.8) is 0 Å². The van der Waals surface area contributed by atoms with Gasteiger partial charge in [-0.2, -0.15) is 0 Å². The van der Waals surface area contributed by atoms with Crippen molar-refractivity contribution >= 4 is 11.8 Å². The first-order valence-electron chi connectivity index (χ1n) is 8.59. The number of amides is 2. The molecule has 1 saturated carbocycles. The summed E-state index contributed by atoms with van der Waals surface area (Å²) in [6.07, 6.45) is 7.30. The lowest BCUT2D eigenvalue weighted by molar-refractivity contribution is -0.160. The highest BCUT2D eigenvalue weighted by Crippen LogP contribution is 2.34. The first-order valence-corrected chi connectivity index (χ1v) is 8.59. The summed E-state index contributed by atoms with van der Waals surface area (Å²) in [6.45, 7) is 7.99. The van der Waals surface area contributed by atoms with Gasteiger partial charge in [0, 0.05) is 6.04 Å². The van der Waals surface area contributed by atoms with E-state index in [0.717, 1.165) is 19.3 Å². The minimum absolute atomic E-state index is 0.0613. The van der Waals surface area contributed by atoms with Crippen LogP contribution in [0.2, 0.25) is 0 Å². The maximum Gasteiger partial charge on any atom is 0.248 e. The average molecular weight is 294 g/mol. The van der Waals surface area contributed by atoms with E-state index in [-0.39, 0.29) is 23.9 Å². The molecule has 2 amide bonds. The molecule has 3 unspecified atom stereocenters. The summed E-state index contributed by atoms with van der Waals surface area (Å²) in [4.78, 5) is 27.6. The number of nitrogens with zero attached hydrogens (tertiary/aromatic N) is 1. The molecule has 0 bridgehead atoms. The van der Waals surface area contributed by atoms with Crippen LogP contribution in [0.1, 0.15) is 72.6 Å². The molecule has 4 nitrogen and oxygen atoms in total. The van der Waals surface area contributed by atoms with Gasteiger partial charge in [0.15, 0.2) is 0 Å². The van der Waals surface area contributed by atoms with Gasteiger partial charge in [0.1, 0.15) is 11.6 Å². The van der Waals surface area contributed by atoms with Gasteiger partial charge in [-0.05, 0) is 45.4 Å². The van der Waals surface area contributed by atoms with Crippen LogP contribution in [0.5, 0.6) is 0 Å². The van der Waals surface area contributed by atoms with Crippen LogP contribution in [0.3, 0.4) is 0 Å². The molecule has 3 atom stereocenters. The van der Waals surface area contributed by atoms with Crippen LogP contribution >= 0.6 is 0 Å². The first-order chi connectivity index (χ1) is 9.94. The molecule has 2 fully saturated rings. The first kappa shape index (κ1) is 16.3. The van der Waals surface area contributed by atoms with Gasteiger partial charge >= 0.3 is 0 Å². The van der Waals surface area contributed by atoms with E-state index in [0.29, 0.717) is 12.3 Å². The van der Waals surface area contributed by atoms with E-state index in [4.69, 9.17) is 0 Å². The average Bonchev–Trinajstić information content (AvgIpc) is 2.50. The second kappa shape index (κ2) is 6.37. The summed E-state index contributed by atoms with van der Waals surface area (Å²) in [5, 5.41) is 3.02. The Morgan fingerprint density at radius 2 is 1.86 bits per heavy atom. The Morgan fingerprint density at radius 3 is 2.38 bits per heavy atom. The fourth-order valence-electron chi connectivity index (χ4n) is 3.74. The van der Waals surface area contributed by atoms with E-state index in [1.54, 1.807) is 0 Å². The van der Waals surface area contributed by atoms with E-state index in [1.807, 2.05) is 18.7 Å². The van der Waals surface area contributed by atoms with Crippen molar-refractivity contribution in [1.29, 1.82) is 0 Å². The zero-order valence-electron chi connectivity index (χ0n) is 13.9. The summed E-state index contributed by atoms with van der Waals surface area (Å²) >= 11 is 0. The monoisotopic (exact) mass is 294 g/mol. The number of rotatable bonds is 4. The minimum atomic E-state index is -0.730. The van der Waals surface area contributed by atoms with Crippen molar-refractivity contribution < 1.29 is 9.59 Å². The quantitative estimate of drug-likeness (QED) is 0.866. The second-order valence-corrected chi connectivity index (χ2v) is 6.99. The molecule has 120 valence electrons. The number of carbonyl (C=O) groups is 2. The number of nitrogens with one attached hydrogen (secondary N) is 1. The van der Waals surface area contributed by atoms with Gasteiger partial charge < -0.3 is 10.2 Å². The normalized spacial score (nSPS) is 33.0. The lowest BCUT2D eigenvalue weighted by atomic mass is 9.79. The van der Waals surface area contributed by atoms with Crippen molar-refractivity contribution in [1.82, 2.24) is 10.2 Å². The van der Waals surface area contributed by atoms with Crippen molar-refractivity contribution in [3.8, 4) is 0 Å². The van der Waals surface area contributed by atoms with Crippen LogP contribution in [0, 0.1) is 5.92 Å². The number of carbonyl (C=O) groups excluding carboxylic acids is 2. The summed E-state index contributed by atoms with van der Waals surface area (Å²) in [5.74, 6) is 0.499. The number of hydrogen-bond acceptors (Lipinski definition) is 2. The molecule has 0 aromatic rings. The molecule has 4 heteroatoms. The molecule has 1 heterocycles. The van der Waals surface area contributed by atoms with Gasteiger partial charge in [0.25, 0.3) is 0 Å². The van der Waals surface area contributed by atoms with Crippen LogP contribution < -0.4 is 5.32 Å². The van der Waals surface area contributed by atoms with Crippen LogP contribution in [-0.4, -0.2) is 34.3 Å². The summed E-state index contributed by atoms with van der Waals surface area (Å²) < 4.78 is 0. The van der Waals surface area contributed by atoms with Gasteiger partial charge in [0.2, 0.25) is 11.8 Å². The number of piperazine rings is 1. The van der Waals surface area contributed by atoms with Crippen molar-refractivity contribution in [2.45, 2.75) is 90.3 Å². The Balaban J connectivity index is 2.32. The third-order valence-corrected chi connectivity index (χ3v) is 5.54. The predicted molar refractivity (Wildman–Crippen MR) is 83.8 cm³/mol. The van der Waals surface area contributed by atoms with Crippen LogP contribution in [0.4, 0.5) is 0 Å². The zero-order valence-corrected chi connectivity index (χ0v) is 13.9. The molecule has 2 rings (SSSR count). The molecule has 0 aromatic heterocycles. The third kappa shape index (κ3) is 2.95. The fraction of sp³-hybridized carbons (Fsp3) is 0.882. The smallest absolute Gasteiger partial charge is 0.248 e. The summed E-state index contributed by atoms with van der Waals surface area (Å²) in [7, 11) is 0. The van der Waals surface area contributed by atoms with Crippen molar-refractivity contribution in [2.75, 3.05) is 0 Å². The highest BCUT2D eigenvalue weighted by Gasteiger charge is 2.50. The van der Waals surface area contributed by atoms with Gasteiger partial charge in [-0.15, -0.1) is 0 Å². The minimum Gasteiger partial charge on any atom is -0.340 e. The highest BCUT2D eigenvalue weighted by atomic mass is 16.2. The van der Waals surface area contributed by atoms with Gasteiger partial charge in [-0.1, -0.05) is 33.1 Å². The van der Waals surface area contributed by atoms with Crippen molar-refractivity contribution in [2.24, 2.45) is 5.92 Å². The van der Waals surface area contributed by atoms with Gasteiger partial charge in [0.05, 0.1) is 0 Å². The van der Waals surface area contributed by atoms with E-state index in [1.165, 1.54) is 19.3 Å². The van der Waals surface area contributed by atoms with Crippen molar-refractivity contribution in [3.05, 3.63) is 0 Å². The Kier molecular flexibility index (Phi) is 4.95. The molecule has 0 radical (unpaired) electrons. The second-order valence-electron chi connectivity index (χ2n) is 6.99. The molecule has 2 aliphatic rings. The van der Waals surface area contributed by atoms with Gasteiger partial charge in [-0.25, -0.2) is 0 Å². The van der Waals surface area contributed by atoms with Crippen LogP contribution in [0.25, 0.3) is 0 Å². The van der Waals surface area contributed by atoms with E-state index >= 15 is 0 Å². The lowest BCUT2D eigenvalue weighted by Crippen LogP contribution is -2.72. The molecule has 0 aromatic carbocycles. The molecule has 1 N–H and O–H groups in total. The molecule has 0 spiro atoms. The summed E-state index contributed by atoms with van der Waals surface area (Å²) in [6, 6.07) is -0.131. The SMILES string of the molecule is CCC(C)N1C(=O)C(C)(CC)NC(=O)C1C1CCCCC1. The topological polar surface area (TPSA) is 49.4 Å². The van der Waals surface area contributed by atoms with Crippen LogP contribution in [-0.2, 0) is 9.59 Å². The Hall–Kier alpha value is -1.06. The third-order valence-electron chi connectivity index (χ3n) is 5.54.